The number of aliphatic imine (C=N–C) groups is 1. The van der Waals surface area contributed by atoms with E-state index in [9.17, 15) is 18.0 Å². The lowest BCUT2D eigenvalue weighted by Gasteiger charge is -2.36. The molecule has 0 N–H and O–H groups in total. The highest BCUT2D eigenvalue weighted by atomic mass is 35.5. The summed E-state index contributed by atoms with van der Waals surface area (Å²) in [6.07, 6.45) is 1.75. The molecule has 2 fully saturated rings. The fourth-order valence-electron chi connectivity index (χ4n) is 4.12. The number of allylic oxidation sites excluding steroid dienone is 3. The second-order valence-electron chi connectivity index (χ2n) is 9.09. The van der Waals surface area contributed by atoms with E-state index in [-0.39, 0.29) is 11.8 Å². The van der Waals surface area contributed by atoms with Crippen LogP contribution in [-0.4, -0.2) is 42.8 Å². The van der Waals surface area contributed by atoms with E-state index in [2.05, 4.69) is 4.99 Å². The van der Waals surface area contributed by atoms with Gasteiger partial charge in [-0.15, -0.1) is 0 Å². The number of nitrogens with zero attached hydrogens (tertiary/aromatic N) is 3. The van der Waals surface area contributed by atoms with E-state index in [0.29, 0.717) is 55.7 Å². The van der Waals surface area contributed by atoms with Crippen molar-refractivity contribution in [3.05, 3.63) is 52.3 Å². The van der Waals surface area contributed by atoms with Gasteiger partial charge in [0.25, 0.3) is 0 Å². The fraction of sp³-hybridized carbons (Fsp3) is 0.538. The molecule has 0 spiro atoms. The number of halogens is 4. The van der Waals surface area contributed by atoms with E-state index in [4.69, 9.17) is 11.6 Å². The predicted molar refractivity (Wildman–Crippen MR) is 132 cm³/mol. The summed E-state index contributed by atoms with van der Waals surface area (Å²) in [7, 11) is 0. The van der Waals surface area contributed by atoms with Crippen LogP contribution in [0.25, 0.3) is 0 Å². The maximum absolute atomic E-state index is 13.5. The lowest BCUT2D eigenvalue weighted by atomic mass is 9.94. The zero-order valence-electron chi connectivity index (χ0n) is 20.0. The van der Waals surface area contributed by atoms with Crippen LogP contribution in [0, 0.1) is 11.8 Å². The highest BCUT2D eigenvalue weighted by molar-refractivity contribution is 6.30. The first-order valence-electron chi connectivity index (χ1n) is 11.9. The quantitative estimate of drug-likeness (QED) is 0.363. The molecule has 34 heavy (non-hydrogen) atoms. The molecule has 2 aliphatic rings. The lowest BCUT2D eigenvalue weighted by Crippen LogP contribution is -2.43. The molecule has 1 heterocycles. The molecule has 186 valence electrons. The SMILES string of the molecule is C\C=C(/C=N\C(=C(\C)CC)N1CCC(C(=O)N(CC2CC2)c2ccc(Cl)cc2)CC1)C(F)(F)F. The van der Waals surface area contributed by atoms with Gasteiger partial charge in [0, 0.05) is 42.5 Å². The molecule has 1 aliphatic carbocycles. The topological polar surface area (TPSA) is 35.9 Å². The van der Waals surface area contributed by atoms with Gasteiger partial charge < -0.3 is 9.80 Å². The Hall–Kier alpha value is -2.28. The number of amides is 1. The maximum Gasteiger partial charge on any atom is 0.417 e. The molecule has 1 aliphatic heterocycles. The third-order valence-corrected chi connectivity index (χ3v) is 6.81. The molecule has 3 rings (SSSR count). The Balaban J connectivity index is 1.71. The fourth-order valence-corrected chi connectivity index (χ4v) is 4.25. The Morgan fingerprint density at radius 2 is 1.79 bits per heavy atom. The molecule has 1 saturated heterocycles. The molecule has 8 heteroatoms. The Labute approximate surface area is 205 Å². The molecule has 1 aromatic rings. The summed E-state index contributed by atoms with van der Waals surface area (Å²) in [5.41, 5.74) is 1.02. The summed E-state index contributed by atoms with van der Waals surface area (Å²) in [5.74, 6) is 1.11. The van der Waals surface area contributed by atoms with Gasteiger partial charge in [0.05, 0.1) is 5.57 Å². The summed E-state index contributed by atoms with van der Waals surface area (Å²) in [6.45, 7) is 7.09. The van der Waals surface area contributed by atoms with Crippen LogP contribution in [0.2, 0.25) is 5.02 Å². The molecule has 1 amide bonds. The lowest BCUT2D eigenvalue weighted by molar-refractivity contribution is -0.123. The van der Waals surface area contributed by atoms with Gasteiger partial charge >= 0.3 is 6.18 Å². The summed E-state index contributed by atoms with van der Waals surface area (Å²) >= 11 is 6.03. The van der Waals surface area contributed by atoms with E-state index in [1.165, 1.54) is 6.92 Å². The van der Waals surface area contributed by atoms with Gasteiger partial charge in [0.15, 0.2) is 0 Å². The zero-order chi connectivity index (χ0) is 24.9. The van der Waals surface area contributed by atoms with Gasteiger partial charge in [-0.05, 0) is 81.7 Å². The van der Waals surface area contributed by atoms with Crippen molar-refractivity contribution < 1.29 is 18.0 Å². The molecule has 0 unspecified atom stereocenters. The Morgan fingerprint density at radius 1 is 1.18 bits per heavy atom. The van der Waals surface area contributed by atoms with Gasteiger partial charge in [0.2, 0.25) is 5.91 Å². The third kappa shape index (κ3) is 6.87. The Kier molecular flexibility index (Phi) is 8.85. The monoisotopic (exact) mass is 495 g/mol. The van der Waals surface area contributed by atoms with Crippen molar-refractivity contribution in [1.29, 1.82) is 0 Å². The van der Waals surface area contributed by atoms with Gasteiger partial charge in [0.1, 0.15) is 5.82 Å². The number of likely N-dealkylation sites (tertiary alicyclic amines) is 1. The molecule has 1 saturated carbocycles. The number of piperidine rings is 1. The minimum atomic E-state index is -4.43. The van der Waals surface area contributed by atoms with Crippen molar-refractivity contribution in [2.75, 3.05) is 24.5 Å². The van der Waals surface area contributed by atoms with E-state index < -0.39 is 11.7 Å². The number of hydrogen-bond donors (Lipinski definition) is 0. The highest BCUT2D eigenvalue weighted by Gasteiger charge is 2.34. The van der Waals surface area contributed by atoms with Crippen molar-refractivity contribution in [3.63, 3.8) is 0 Å². The summed E-state index contributed by atoms with van der Waals surface area (Å²) in [5, 5.41) is 0.633. The standard InChI is InChI=1S/C26H33ClF3N3O/c1-4-18(3)24(31-16-21(5-2)26(28,29)30)32-14-12-20(13-15-32)25(34)33(17-19-6-7-19)23-10-8-22(27)9-11-23/h5,8-11,16,19-20H,4,6-7,12-15,17H2,1-3H3/b21-5+,24-18+,31-16-. The molecule has 4 nitrogen and oxygen atoms in total. The molecule has 1 aromatic carbocycles. The highest BCUT2D eigenvalue weighted by Crippen LogP contribution is 2.34. The molecular weight excluding hydrogens is 463 g/mol. The Bertz CT molecular complexity index is 941. The van der Waals surface area contributed by atoms with Crippen molar-refractivity contribution >= 4 is 29.4 Å². The number of hydrogen-bond acceptors (Lipinski definition) is 3. The normalized spacial score (nSPS) is 18.9. The first-order chi connectivity index (χ1) is 16.1. The average molecular weight is 496 g/mol. The third-order valence-electron chi connectivity index (χ3n) is 6.56. The summed E-state index contributed by atoms with van der Waals surface area (Å²) < 4.78 is 39.4. The zero-order valence-corrected chi connectivity index (χ0v) is 20.8. The van der Waals surface area contributed by atoms with Gasteiger partial charge in [-0.2, -0.15) is 13.2 Å². The van der Waals surface area contributed by atoms with Crippen LogP contribution in [0.5, 0.6) is 0 Å². The minimum Gasteiger partial charge on any atom is -0.357 e. The van der Waals surface area contributed by atoms with E-state index in [1.54, 1.807) is 12.1 Å². The number of alkyl halides is 3. The van der Waals surface area contributed by atoms with Crippen molar-refractivity contribution in [2.24, 2.45) is 16.8 Å². The number of anilines is 1. The number of benzene rings is 1. The van der Waals surface area contributed by atoms with Crippen LogP contribution >= 0.6 is 11.6 Å². The van der Waals surface area contributed by atoms with Gasteiger partial charge in [-0.1, -0.05) is 24.6 Å². The molecule has 0 atom stereocenters. The molecule has 0 radical (unpaired) electrons. The van der Waals surface area contributed by atoms with Crippen LogP contribution in [0.3, 0.4) is 0 Å². The number of rotatable bonds is 8. The van der Waals surface area contributed by atoms with Crippen LogP contribution in [-0.2, 0) is 4.79 Å². The minimum absolute atomic E-state index is 0.114. The number of carbonyl (C=O) groups excluding carboxylic acids is 1. The second kappa shape index (κ2) is 11.4. The van der Waals surface area contributed by atoms with Crippen LogP contribution in [0.1, 0.15) is 52.9 Å². The van der Waals surface area contributed by atoms with Crippen molar-refractivity contribution in [1.82, 2.24) is 4.90 Å². The largest absolute Gasteiger partial charge is 0.417 e. The first-order valence-corrected chi connectivity index (χ1v) is 12.3. The van der Waals surface area contributed by atoms with Gasteiger partial charge in [-0.3, -0.25) is 4.79 Å². The molecule has 0 aromatic heterocycles. The van der Waals surface area contributed by atoms with Crippen LogP contribution in [0.4, 0.5) is 18.9 Å². The van der Waals surface area contributed by atoms with Crippen molar-refractivity contribution in [3.8, 4) is 0 Å². The van der Waals surface area contributed by atoms with E-state index in [0.717, 1.165) is 36.4 Å². The van der Waals surface area contributed by atoms with Crippen LogP contribution < -0.4 is 4.90 Å². The van der Waals surface area contributed by atoms with Crippen molar-refractivity contribution in [2.45, 2.75) is 59.1 Å². The molecule has 0 bridgehead atoms. The predicted octanol–water partition coefficient (Wildman–Crippen LogP) is 7.02. The van der Waals surface area contributed by atoms with Gasteiger partial charge in [-0.25, -0.2) is 4.99 Å². The summed E-state index contributed by atoms with van der Waals surface area (Å²) in [4.78, 5) is 21.6. The first kappa shape index (κ1) is 26.3. The van der Waals surface area contributed by atoms with Crippen LogP contribution in [0.15, 0.2) is 52.3 Å². The Morgan fingerprint density at radius 3 is 2.29 bits per heavy atom. The van der Waals surface area contributed by atoms with E-state index >= 15 is 0 Å². The average Bonchev–Trinajstić information content (AvgIpc) is 3.64. The summed E-state index contributed by atoms with van der Waals surface area (Å²) in [6, 6.07) is 7.37. The number of carbonyl (C=O) groups is 1. The second-order valence-corrected chi connectivity index (χ2v) is 9.52. The smallest absolute Gasteiger partial charge is 0.357 e. The van der Waals surface area contributed by atoms with E-state index in [1.807, 2.05) is 35.8 Å². The maximum atomic E-state index is 13.5. The molecular formula is C26H33ClF3N3O.